The van der Waals surface area contributed by atoms with Gasteiger partial charge in [0.1, 0.15) is 0 Å². The van der Waals surface area contributed by atoms with Crippen molar-refractivity contribution in [2.75, 3.05) is 18.0 Å². The van der Waals surface area contributed by atoms with Crippen LogP contribution in [0.15, 0.2) is 27.1 Å². The van der Waals surface area contributed by atoms with Gasteiger partial charge < -0.3 is 9.32 Å². The van der Waals surface area contributed by atoms with Crippen LogP contribution in [0, 0.1) is 0 Å². The van der Waals surface area contributed by atoms with Crippen LogP contribution in [0.5, 0.6) is 0 Å². The first-order chi connectivity index (χ1) is 12.4. The second kappa shape index (κ2) is 6.45. The maximum atomic E-state index is 5.77. The Balaban J connectivity index is 1.33. The van der Waals surface area contributed by atoms with Crippen molar-refractivity contribution in [3.63, 3.8) is 0 Å². The summed E-state index contributed by atoms with van der Waals surface area (Å²) < 4.78 is 8.08. The van der Waals surface area contributed by atoms with Gasteiger partial charge >= 0.3 is 0 Å². The van der Waals surface area contributed by atoms with E-state index in [1.165, 1.54) is 25.7 Å². The molecule has 130 valence electrons. The fourth-order valence-corrected chi connectivity index (χ4v) is 4.57. The number of hydrogen-bond acceptors (Lipinski definition) is 8. The number of aromatic nitrogens is 5. The van der Waals surface area contributed by atoms with Gasteiger partial charge in [-0.05, 0) is 37.1 Å². The summed E-state index contributed by atoms with van der Waals surface area (Å²) in [5, 5.41) is 20.2. The largest absolute Gasteiger partial charge is 0.419 e. The smallest absolute Gasteiger partial charge is 0.257 e. The lowest BCUT2D eigenvalue weighted by Crippen LogP contribution is -2.22. The van der Waals surface area contributed by atoms with Crippen LogP contribution in [-0.2, 0) is 5.75 Å². The Morgan fingerprint density at radius 3 is 2.80 bits per heavy atom. The highest BCUT2D eigenvalue weighted by molar-refractivity contribution is 7.98. The summed E-state index contributed by atoms with van der Waals surface area (Å²) >= 11 is 3.23. The number of hydrogen-bond donors (Lipinski definition) is 0. The quantitative estimate of drug-likeness (QED) is 0.610. The second-order valence-corrected chi connectivity index (χ2v) is 8.24. The van der Waals surface area contributed by atoms with Crippen molar-refractivity contribution in [3.05, 3.63) is 23.4 Å². The normalized spacial score (nSPS) is 17.5. The molecule has 1 aliphatic heterocycles. The molecule has 0 aromatic carbocycles. The van der Waals surface area contributed by atoms with E-state index in [4.69, 9.17) is 4.42 Å². The van der Waals surface area contributed by atoms with Crippen molar-refractivity contribution in [2.24, 2.45) is 0 Å². The van der Waals surface area contributed by atoms with Crippen LogP contribution in [-0.4, -0.2) is 38.1 Å². The molecule has 0 N–H and O–H groups in total. The molecule has 3 aromatic rings. The van der Waals surface area contributed by atoms with Crippen molar-refractivity contribution in [1.29, 1.82) is 0 Å². The molecule has 5 rings (SSSR count). The molecule has 0 unspecified atom stereocenters. The van der Waals surface area contributed by atoms with Crippen LogP contribution in [0.2, 0.25) is 0 Å². The molecule has 25 heavy (non-hydrogen) atoms. The SMILES string of the molecule is c1csc(-c2nnc(CSc3nnc(N4CCCC4)n3C3CC3)o2)c1. The van der Waals surface area contributed by atoms with E-state index >= 15 is 0 Å². The second-order valence-electron chi connectivity index (χ2n) is 6.34. The fraction of sp³-hybridized carbons (Fsp3) is 0.500. The van der Waals surface area contributed by atoms with Gasteiger partial charge in [-0.1, -0.05) is 17.8 Å². The lowest BCUT2D eigenvalue weighted by atomic mass is 10.4. The summed E-state index contributed by atoms with van der Waals surface area (Å²) in [5.41, 5.74) is 0. The third-order valence-electron chi connectivity index (χ3n) is 4.47. The highest BCUT2D eigenvalue weighted by atomic mass is 32.2. The summed E-state index contributed by atoms with van der Waals surface area (Å²) in [4.78, 5) is 3.36. The average molecular weight is 374 g/mol. The summed E-state index contributed by atoms with van der Waals surface area (Å²) in [5.74, 6) is 2.87. The van der Waals surface area contributed by atoms with E-state index in [9.17, 15) is 0 Å². The molecule has 7 nitrogen and oxygen atoms in total. The first-order valence-electron chi connectivity index (χ1n) is 8.57. The molecular formula is C16H18N6OS2. The molecule has 1 aliphatic carbocycles. The molecular weight excluding hydrogens is 356 g/mol. The standard InChI is InChI=1S/C16H18N6OS2/c1-2-8-21(7-1)15-19-20-16(22(15)11-5-6-11)25-10-13-17-18-14(23-13)12-4-3-9-24-12/h3-4,9,11H,1-2,5-8,10H2. The van der Waals surface area contributed by atoms with Gasteiger partial charge in [0.05, 0.1) is 10.6 Å². The van der Waals surface area contributed by atoms with Crippen molar-refractivity contribution in [3.8, 4) is 10.8 Å². The van der Waals surface area contributed by atoms with Crippen LogP contribution in [0.25, 0.3) is 10.8 Å². The molecule has 3 aromatic heterocycles. The zero-order chi connectivity index (χ0) is 16.6. The summed E-state index contributed by atoms with van der Waals surface area (Å²) in [6, 6.07) is 4.52. The maximum Gasteiger partial charge on any atom is 0.257 e. The highest BCUT2D eigenvalue weighted by Crippen LogP contribution is 2.41. The zero-order valence-corrected chi connectivity index (χ0v) is 15.3. The highest BCUT2D eigenvalue weighted by Gasteiger charge is 2.32. The van der Waals surface area contributed by atoms with Gasteiger partial charge in [0.25, 0.3) is 5.89 Å². The minimum atomic E-state index is 0.553. The summed E-state index contributed by atoms with van der Waals surface area (Å²) in [6.07, 6.45) is 4.92. The topological polar surface area (TPSA) is 72.9 Å². The lowest BCUT2D eigenvalue weighted by Gasteiger charge is -2.17. The predicted octanol–water partition coefficient (Wildman–Crippen LogP) is 3.62. The van der Waals surface area contributed by atoms with E-state index in [0.717, 1.165) is 29.1 Å². The molecule has 0 amide bonds. The van der Waals surface area contributed by atoms with Crippen LogP contribution in [0.1, 0.15) is 37.6 Å². The fourth-order valence-electron chi connectivity index (χ4n) is 3.09. The van der Waals surface area contributed by atoms with Gasteiger partial charge in [0.2, 0.25) is 11.8 Å². The molecule has 2 fully saturated rings. The minimum Gasteiger partial charge on any atom is -0.419 e. The maximum absolute atomic E-state index is 5.77. The Hall–Kier alpha value is -1.87. The first kappa shape index (κ1) is 15.4. The van der Waals surface area contributed by atoms with Gasteiger partial charge in [-0.2, -0.15) is 0 Å². The molecule has 1 saturated carbocycles. The van der Waals surface area contributed by atoms with E-state index in [1.54, 1.807) is 23.1 Å². The minimum absolute atomic E-state index is 0.553. The van der Waals surface area contributed by atoms with Crippen LogP contribution in [0.4, 0.5) is 5.95 Å². The molecule has 0 radical (unpaired) electrons. The number of thiophene rings is 1. The van der Waals surface area contributed by atoms with Crippen molar-refractivity contribution >= 4 is 29.0 Å². The van der Waals surface area contributed by atoms with Gasteiger partial charge in [-0.3, -0.25) is 4.57 Å². The molecule has 0 atom stereocenters. The van der Waals surface area contributed by atoms with Crippen LogP contribution in [0.3, 0.4) is 0 Å². The molecule has 4 heterocycles. The Morgan fingerprint density at radius 1 is 1.16 bits per heavy atom. The molecule has 1 saturated heterocycles. The van der Waals surface area contributed by atoms with E-state index < -0.39 is 0 Å². The van der Waals surface area contributed by atoms with Gasteiger partial charge in [-0.15, -0.1) is 31.7 Å². The summed E-state index contributed by atoms with van der Waals surface area (Å²) in [6.45, 7) is 2.17. The molecule has 0 bridgehead atoms. The predicted molar refractivity (Wildman–Crippen MR) is 96.9 cm³/mol. The van der Waals surface area contributed by atoms with E-state index in [2.05, 4.69) is 29.9 Å². The van der Waals surface area contributed by atoms with E-state index in [0.29, 0.717) is 23.6 Å². The van der Waals surface area contributed by atoms with Crippen molar-refractivity contribution in [1.82, 2.24) is 25.0 Å². The Bertz CT molecular complexity index is 848. The third-order valence-corrected chi connectivity index (χ3v) is 6.26. The van der Waals surface area contributed by atoms with Gasteiger partial charge in [-0.25, -0.2) is 0 Å². The molecule has 2 aliphatic rings. The van der Waals surface area contributed by atoms with Crippen LogP contribution >= 0.6 is 23.1 Å². The van der Waals surface area contributed by atoms with Crippen molar-refractivity contribution < 1.29 is 4.42 Å². The Morgan fingerprint density at radius 2 is 2.04 bits per heavy atom. The van der Waals surface area contributed by atoms with Gasteiger partial charge in [0, 0.05) is 19.1 Å². The zero-order valence-electron chi connectivity index (χ0n) is 13.7. The number of thioether (sulfide) groups is 1. The summed E-state index contributed by atoms with van der Waals surface area (Å²) in [7, 11) is 0. The van der Waals surface area contributed by atoms with Crippen LogP contribution < -0.4 is 4.90 Å². The lowest BCUT2D eigenvalue weighted by molar-refractivity contribution is 0.529. The molecule has 9 heteroatoms. The van der Waals surface area contributed by atoms with Crippen molar-refractivity contribution in [2.45, 2.75) is 42.6 Å². The number of nitrogens with zero attached hydrogens (tertiary/aromatic N) is 6. The van der Waals surface area contributed by atoms with E-state index in [-0.39, 0.29) is 0 Å². The Labute approximate surface area is 153 Å². The number of rotatable bonds is 6. The average Bonchev–Trinajstić information content (AvgIpc) is 3.16. The third kappa shape index (κ3) is 3.06. The van der Waals surface area contributed by atoms with E-state index in [1.807, 2.05) is 17.5 Å². The Kier molecular flexibility index (Phi) is 3.97. The van der Waals surface area contributed by atoms with Gasteiger partial charge in [0.15, 0.2) is 5.16 Å². The first-order valence-corrected chi connectivity index (χ1v) is 10.4. The number of anilines is 1. The molecule has 0 spiro atoms. The monoisotopic (exact) mass is 374 g/mol.